The first-order chi connectivity index (χ1) is 31.6. The summed E-state index contributed by atoms with van der Waals surface area (Å²) in [7, 11) is 5.44. The Hall–Kier alpha value is -1.67. The fourth-order valence-electron chi connectivity index (χ4n) is 9.08. The molecule has 0 aromatic carbocycles. The Balaban J connectivity index is 4.10. The van der Waals surface area contributed by atoms with Crippen LogP contribution in [0.3, 0.4) is 0 Å². The van der Waals surface area contributed by atoms with Gasteiger partial charge in [-0.1, -0.05) is 264 Å². The number of hydrogen-bond donors (Lipinski definition) is 0. The number of quaternary nitrogens is 1. The van der Waals surface area contributed by atoms with Crippen molar-refractivity contribution in [3.8, 4) is 0 Å². The molecule has 0 amide bonds. The molecule has 8 heteroatoms. The molecule has 0 aliphatic heterocycles. The Morgan fingerprint density at radius 2 is 0.677 bits per heavy atom. The Morgan fingerprint density at radius 3 is 0.954 bits per heavy atom. The second kappa shape index (κ2) is 48.8. The van der Waals surface area contributed by atoms with E-state index in [2.05, 4.69) is 13.8 Å². The predicted octanol–water partition coefficient (Wildman–Crippen LogP) is 15.5. The molecule has 0 aliphatic carbocycles. The summed E-state index contributed by atoms with van der Waals surface area (Å²) in [5.41, 5.74) is 0. The molecular formula is C57H111NO7. The van der Waals surface area contributed by atoms with Crippen LogP contribution in [-0.4, -0.2) is 75.5 Å². The van der Waals surface area contributed by atoms with Crippen molar-refractivity contribution in [2.24, 2.45) is 0 Å². The van der Waals surface area contributed by atoms with E-state index in [4.69, 9.17) is 14.2 Å². The number of aliphatic carboxylic acids is 1. The maximum absolute atomic E-state index is 12.8. The lowest BCUT2D eigenvalue weighted by atomic mass is 10.0. The van der Waals surface area contributed by atoms with Crippen LogP contribution in [-0.2, 0) is 28.6 Å². The van der Waals surface area contributed by atoms with Gasteiger partial charge in [-0.3, -0.25) is 9.59 Å². The van der Waals surface area contributed by atoms with Crippen molar-refractivity contribution in [3.05, 3.63) is 0 Å². The molecule has 0 aliphatic rings. The Morgan fingerprint density at radius 1 is 0.400 bits per heavy atom. The van der Waals surface area contributed by atoms with E-state index >= 15 is 0 Å². The maximum atomic E-state index is 12.8. The molecule has 0 rings (SSSR count). The molecule has 0 saturated heterocycles. The van der Waals surface area contributed by atoms with Gasteiger partial charge in [0.15, 0.2) is 6.10 Å². The highest BCUT2D eigenvalue weighted by Gasteiger charge is 2.25. The summed E-state index contributed by atoms with van der Waals surface area (Å²) in [5.74, 6) is -1.70. The van der Waals surface area contributed by atoms with Gasteiger partial charge in [-0.05, 0) is 12.8 Å². The fourth-order valence-corrected chi connectivity index (χ4v) is 9.08. The molecule has 0 N–H and O–H groups in total. The van der Waals surface area contributed by atoms with Gasteiger partial charge >= 0.3 is 11.9 Å². The lowest BCUT2D eigenvalue weighted by molar-refractivity contribution is -0.889. The maximum Gasteiger partial charge on any atom is 0.306 e. The van der Waals surface area contributed by atoms with E-state index in [-0.39, 0.29) is 42.7 Å². The van der Waals surface area contributed by atoms with Crippen molar-refractivity contribution in [1.82, 2.24) is 0 Å². The van der Waals surface area contributed by atoms with Crippen LogP contribution in [0.15, 0.2) is 0 Å². The smallest absolute Gasteiger partial charge is 0.306 e. The molecule has 0 radical (unpaired) electrons. The van der Waals surface area contributed by atoms with E-state index in [1.807, 2.05) is 21.1 Å². The van der Waals surface area contributed by atoms with Gasteiger partial charge in [0.05, 0.1) is 40.3 Å². The number of nitrogens with zero attached hydrogens (tertiary/aromatic N) is 1. The van der Waals surface area contributed by atoms with Crippen LogP contribution in [0, 0.1) is 0 Å². The molecule has 0 heterocycles. The van der Waals surface area contributed by atoms with Crippen LogP contribution in [0.5, 0.6) is 0 Å². The molecule has 0 aromatic rings. The van der Waals surface area contributed by atoms with Gasteiger partial charge < -0.3 is 28.6 Å². The first-order valence-electron chi connectivity index (χ1n) is 28.6. The number of rotatable bonds is 53. The number of carboxylic acid groups (broad SMARTS) is 1. The average Bonchev–Trinajstić information content (AvgIpc) is 3.27. The Kier molecular flexibility index (Phi) is 47.5. The monoisotopic (exact) mass is 922 g/mol. The van der Waals surface area contributed by atoms with E-state index < -0.39 is 18.1 Å². The quantitative estimate of drug-likeness (QED) is 0.0340. The number of likely N-dealkylation sites (N-methyl/N-ethyl adjacent to an activating group) is 1. The second-order valence-corrected chi connectivity index (χ2v) is 20.9. The third kappa shape index (κ3) is 47.2. The fraction of sp³-hybridized carbons (Fsp3) is 0.947. The van der Waals surface area contributed by atoms with E-state index in [0.29, 0.717) is 12.8 Å². The van der Waals surface area contributed by atoms with Crippen molar-refractivity contribution in [3.63, 3.8) is 0 Å². The summed E-state index contributed by atoms with van der Waals surface area (Å²) in [6.07, 6.45) is 54.3. The van der Waals surface area contributed by atoms with Gasteiger partial charge in [-0.2, -0.15) is 0 Å². The van der Waals surface area contributed by atoms with Crippen molar-refractivity contribution >= 4 is 17.9 Å². The zero-order valence-electron chi connectivity index (χ0n) is 44.2. The minimum Gasteiger partial charge on any atom is -0.544 e. The normalized spacial score (nSPS) is 12.7. The lowest BCUT2D eigenvalue weighted by Crippen LogP contribution is -2.55. The van der Waals surface area contributed by atoms with Gasteiger partial charge in [-0.25, -0.2) is 0 Å². The lowest BCUT2D eigenvalue weighted by Gasteiger charge is -2.34. The SMILES string of the molecule is CCCCCCCCCCCCCCCCCCCCCCCCCC(=O)OCC(COCCC(C(=O)[O-])[N+](C)(C)C)OC(=O)CCCCCCCCCCCCCCCCCCCC. The van der Waals surface area contributed by atoms with Crippen molar-refractivity contribution in [1.29, 1.82) is 0 Å². The predicted molar refractivity (Wildman–Crippen MR) is 273 cm³/mol. The molecule has 0 aromatic heterocycles. The largest absolute Gasteiger partial charge is 0.544 e. The van der Waals surface area contributed by atoms with Crippen LogP contribution in [0.2, 0.25) is 0 Å². The average molecular weight is 923 g/mol. The van der Waals surface area contributed by atoms with E-state index in [9.17, 15) is 19.5 Å². The Labute approximate surface area is 404 Å². The summed E-state index contributed by atoms with van der Waals surface area (Å²) < 4.78 is 17.3. The Bertz CT molecular complexity index is 1030. The topological polar surface area (TPSA) is 102 Å². The minimum atomic E-state index is -1.12. The molecule has 0 spiro atoms. The number of unbranched alkanes of at least 4 members (excludes halogenated alkanes) is 39. The van der Waals surface area contributed by atoms with Gasteiger partial charge in [0.25, 0.3) is 0 Å². The number of esters is 2. The third-order valence-corrected chi connectivity index (χ3v) is 13.5. The number of carbonyl (C=O) groups is 3. The van der Waals surface area contributed by atoms with Gasteiger partial charge in [0.1, 0.15) is 12.6 Å². The van der Waals surface area contributed by atoms with Crippen molar-refractivity contribution in [2.45, 2.75) is 309 Å². The molecule has 0 saturated carbocycles. The first kappa shape index (κ1) is 63.3. The third-order valence-electron chi connectivity index (χ3n) is 13.5. The molecule has 8 nitrogen and oxygen atoms in total. The first-order valence-corrected chi connectivity index (χ1v) is 28.6. The molecule has 0 bridgehead atoms. The van der Waals surface area contributed by atoms with E-state index in [0.717, 1.165) is 38.5 Å². The second-order valence-electron chi connectivity index (χ2n) is 20.9. The van der Waals surface area contributed by atoms with Gasteiger partial charge in [-0.15, -0.1) is 0 Å². The summed E-state index contributed by atoms with van der Waals surface area (Å²) in [5, 5.41) is 11.7. The highest BCUT2D eigenvalue weighted by Crippen LogP contribution is 2.18. The highest BCUT2D eigenvalue weighted by atomic mass is 16.6. The zero-order chi connectivity index (χ0) is 47.7. The summed E-state index contributed by atoms with van der Waals surface area (Å²) in [6, 6.07) is -0.720. The standard InChI is InChI=1S/C57H111NO7/c1-6-8-10-12-14-16-18-20-22-24-26-27-28-29-30-32-33-35-37-39-41-43-45-47-55(59)64-52-53(51-63-50-49-54(57(61)62)58(3,4)5)65-56(60)48-46-44-42-40-38-36-34-31-25-23-21-19-17-15-13-11-9-7-2/h53-54H,6-52H2,1-5H3. The van der Waals surface area contributed by atoms with E-state index in [1.165, 1.54) is 225 Å². The van der Waals surface area contributed by atoms with Crippen LogP contribution >= 0.6 is 0 Å². The summed E-state index contributed by atoms with van der Waals surface area (Å²) >= 11 is 0. The van der Waals surface area contributed by atoms with Crippen LogP contribution in [0.25, 0.3) is 0 Å². The van der Waals surface area contributed by atoms with Gasteiger partial charge in [0, 0.05) is 19.3 Å². The van der Waals surface area contributed by atoms with Crippen molar-refractivity contribution < 1.29 is 38.2 Å². The van der Waals surface area contributed by atoms with Crippen LogP contribution in [0.1, 0.15) is 296 Å². The molecule has 65 heavy (non-hydrogen) atoms. The summed E-state index contributed by atoms with van der Waals surface area (Å²) in [4.78, 5) is 37.1. The minimum absolute atomic E-state index is 0.0501. The van der Waals surface area contributed by atoms with Crippen LogP contribution < -0.4 is 5.11 Å². The van der Waals surface area contributed by atoms with E-state index in [1.54, 1.807) is 0 Å². The molecular weight excluding hydrogens is 811 g/mol. The molecule has 2 unspecified atom stereocenters. The molecule has 0 fully saturated rings. The molecule has 2 atom stereocenters. The summed E-state index contributed by atoms with van der Waals surface area (Å²) in [6.45, 7) is 4.74. The van der Waals surface area contributed by atoms with Crippen molar-refractivity contribution in [2.75, 3.05) is 41.0 Å². The number of carbonyl (C=O) groups excluding carboxylic acids is 3. The number of carboxylic acids is 1. The number of hydrogen-bond acceptors (Lipinski definition) is 7. The highest BCUT2D eigenvalue weighted by molar-refractivity contribution is 5.70. The van der Waals surface area contributed by atoms with Gasteiger partial charge in [0.2, 0.25) is 0 Å². The number of ether oxygens (including phenoxy) is 3. The van der Waals surface area contributed by atoms with Crippen LogP contribution in [0.4, 0.5) is 0 Å². The zero-order valence-corrected chi connectivity index (χ0v) is 44.2. The molecule has 386 valence electrons.